The summed E-state index contributed by atoms with van der Waals surface area (Å²) in [5, 5.41) is 19.2. The van der Waals surface area contributed by atoms with Gasteiger partial charge >= 0.3 is 6.18 Å². The third kappa shape index (κ3) is 4.76. The molecule has 11 nitrogen and oxygen atoms in total. The first kappa shape index (κ1) is 21.4. The van der Waals surface area contributed by atoms with Crippen molar-refractivity contribution in [3.05, 3.63) is 29.5 Å². The fourth-order valence-corrected chi connectivity index (χ4v) is 3.77. The third-order valence-electron chi connectivity index (χ3n) is 5.60. The molecule has 0 bridgehead atoms. The molecule has 3 aromatic rings. The third-order valence-corrected chi connectivity index (χ3v) is 5.60. The maximum absolute atomic E-state index is 13.7. The van der Waals surface area contributed by atoms with Gasteiger partial charge in [-0.05, 0) is 18.9 Å². The number of carbonyl (C=O) groups excluding carboxylic acids is 2. The van der Waals surface area contributed by atoms with Gasteiger partial charge in [0.25, 0.3) is 5.91 Å². The van der Waals surface area contributed by atoms with Crippen molar-refractivity contribution in [3.63, 3.8) is 0 Å². The number of aryl methyl sites for hydroxylation is 1. The molecule has 0 spiro atoms. The van der Waals surface area contributed by atoms with Crippen LogP contribution >= 0.6 is 0 Å². The van der Waals surface area contributed by atoms with E-state index in [0.29, 0.717) is 18.4 Å². The van der Waals surface area contributed by atoms with Crippen molar-refractivity contribution in [1.82, 2.24) is 25.3 Å². The lowest BCUT2D eigenvalue weighted by atomic mass is 10.0. The Hall–Kier alpha value is -3.94. The van der Waals surface area contributed by atoms with Gasteiger partial charge in [-0.25, -0.2) is 0 Å². The van der Waals surface area contributed by atoms with Gasteiger partial charge in [-0.15, -0.1) is 10.2 Å². The van der Waals surface area contributed by atoms with Crippen molar-refractivity contribution < 1.29 is 36.3 Å². The van der Waals surface area contributed by atoms with Crippen LogP contribution in [-0.2, 0) is 16.6 Å². The van der Waals surface area contributed by atoms with Gasteiger partial charge in [-0.2, -0.15) is 18.3 Å². The van der Waals surface area contributed by atoms with Crippen LogP contribution in [0.1, 0.15) is 39.1 Å². The maximum Gasteiger partial charge on any atom is 0.418 e. The Morgan fingerprint density at radius 2 is 2.00 bits per heavy atom. The first-order valence-electron chi connectivity index (χ1n) is 12.1. The zero-order valence-corrected chi connectivity index (χ0v) is 19.4. The van der Waals surface area contributed by atoms with E-state index >= 15 is 0 Å². The monoisotopic (exact) mass is 510 g/mol. The summed E-state index contributed by atoms with van der Waals surface area (Å²) in [6.45, 7) is -2.85. The summed E-state index contributed by atoms with van der Waals surface area (Å²) in [4.78, 5) is 24.9. The molecule has 3 N–H and O–H groups in total. The van der Waals surface area contributed by atoms with Crippen LogP contribution < -0.4 is 20.7 Å². The molecule has 1 fully saturated rings. The Morgan fingerprint density at radius 1 is 1.25 bits per heavy atom. The molecule has 1 aliphatic carbocycles. The summed E-state index contributed by atoms with van der Waals surface area (Å²) in [6.07, 6.45) is -5.63. The van der Waals surface area contributed by atoms with Gasteiger partial charge in [0, 0.05) is 42.8 Å². The SMILES string of the molecule is [2H]C([2H])([2H])NC(=O)c1nnc(NC(=O)C2CC2)cc1Nc1nn(C)c2ccc([C@@H](OC)C(F)(F)F)c(OC)c12. The van der Waals surface area contributed by atoms with Gasteiger partial charge in [0.2, 0.25) is 5.91 Å². The zero-order chi connectivity index (χ0) is 28.7. The lowest BCUT2D eigenvalue weighted by molar-refractivity contribution is -0.216. The van der Waals surface area contributed by atoms with Crippen LogP contribution in [0.2, 0.25) is 0 Å². The van der Waals surface area contributed by atoms with Crippen molar-refractivity contribution in [1.29, 1.82) is 0 Å². The first-order valence-corrected chi connectivity index (χ1v) is 10.6. The molecule has 0 unspecified atom stereocenters. The van der Waals surface area contributed by atoms with Gasteiger partial charge in [-0.3, -0.25) is 14.3 Å². The molecule has 1 saturated carbocycles. The number of halogens is 3. The van der Waals surface area contributed by atoms with E-state index in [9.17, 15) is 22.8 Å². The number of methoxy groups -OCH3 is 2. The number of carbonyl (C=O) groups is 2. The van der Waals surface area contributed by atoms with E-state index in [1.54, 1.807) is 12.4 Å². The van der Waals surface area contributed by atoms with E-state index < -0.39 is 30.9 Å². The molecule has 1 atom stereocenters. The number of anilines is 3. The number of ether oxygens (including phenoxy) is 2. The number of nitrogens with zero attached hydrogens (tertiary/aromatic N) is 4. The number of rotatable bonds is 8. The zero-order valence-electron chi connectivity index (χ0n) is 22.4. The second-order valence-corrected chi connectivity index (χ2v) is 8.05. The van der Waals surface area contributed by atoms with E-state index in [4.69, 9.17) is 13.6 Å². The first-order chi connectivity index (χ1) is 18.2. The highest BCUT2D eigenvalue weighted by Crippen LogP contribution is 2.44. The molecule has 2 aromatic heterocycles. The summed E-state index contributed by atoms with van der Waals surface area (Å²) in [6, 6.07) is 3.85. The molecule has 14 heteroatoms. The lowest BCUT2D eigenvalue weighted by Crippen LogP contribution is -2.23. The average molecular weight is 510 g/mol. The Bertz CT molecular complexity index is 1420. The molecule has 1 aliphatic rings. The fourth-order valence-electron chi connectivity index (χ4n) is 3.77. The molecular weight excluding hydrogens is 483 g/mol. The van der Waals surface area contributed by atoms with Crippen LogP contribution in [0.4, 0.5) is 30.5 Å². The van der Waals surface area contributed by atoms with E-state index in [1.807, 2.05) is 0 Å². The van der Waals surface area contributed by atoms with E-state index in [1.165, 1.54) is 30.0 Å². The van der Waals surface area contributed by atoms with Crippen LogP contribution in [0.15, 0.2) is 18.2 Å². The summed E-state index contributed by atoms with van der Waals surface area (Å²) < 4.78 is 74.6. The van der Waals surface area contributed by atoms with Gasteiger partial charge in [0.15, 0.2) is 23.4 Å². The highest BCUT2D eigenvalue weighted by Gasteiger charge is 2.43. The number of hydrogen-bond acceptors (Lipinski definition) is 8. The number of benzene rings is 1. The van der Waals surface area contributed by atoms with Crippen LogP contribution in [0.5, 0.6) is 5.75 Å². The Labute approximate surface area is 207 Å². The van der Waals surface area contributed by atoms with Crippen LogP contribution in [-0.4, -0.2) is 59.2 Å². The van der Waals surface area contributed by atoms with Crippen molar-refractivity contribution >= 4 is 40.0 Å². The molecule has 0 radical (unpaired) electrons. The fraction of sp³-hybridized carbons (Fsp3) is 0.409. The van der Waals surface area contributed by atoms with Gasteiger partial charge in [0.05, 0.1) is 23.7 Å². The van der Waals surface area contributed by atoms with E-state index in [0.717, 1.165) is 7.11 Å². The molecule has 192 valence electrons. The lowest BCUT2D eigenvalue weighted by Gasteiger charge is -2.22. The molecule has 1 aromatic carbocycles. The summed E-state index contributed by atoms with van der Waals surface area (Å²) in [7, 11) is 3.64. The predicted molar refractivity (Wildman–Crippen MR) is 123 cm³/mol. The molecule has 0 saturated heterocycles. The summed E-state index contributed by atoms with van der Waals surface area (Å²) in [5.41, 5.74) is -0.534. The highest BCUT2D eigenvalue weighted by atomic mass is 19.4. The summed E-state index contributed by atoms with van der Waals surface area (Å²) >= 11 is 0. The quantitative estimate of drug-likeness (QED) is 0.421. The minimum absolute atomic E-state index is 0.0377. The second-order valence-electron chi connectivity index (χ2n) is 8.05. The van der Waals surface area contributed by atoms with Gasteiger partial charge in [0.1, 0.15) is 5.75 Å². The molecule has 2 amide bonds. The smallest absolute Gasteiger partial charge is 0.418 e. The minimum Gasteiger partial charge on any atom is -0.496 e. The van der Waals surface area contributed by atoms with Gasteiger partial charge < -0.3 is 25.4 Å². The van der Waals surface area contributed by atoms with Crippen LogP contribution in [0, 0.1) is 5.92 Å². The molecule has 36 heavy (non-hydrogen) atoms. The maximum atomic E-state index is 13.7. The molecule has 0 aliphatic heterocycles. The summed E-state index contributed by atoms with van der Waals surface area (Å²) in [5.74, 6) is -1.86. The van der Waals surface area contributed by atoms with Crippen molar-refractivity contribution in [2.75, 3.05) is 31.8 Å². The molecule has 4 rings (SSSR count). The second kappa shape index (κ2) is 9.60. The topological polar surface area (TPSA) is 132 Å². The number of hydrogen-bond donors (Lipinski definition) is 3. The minimum atomic E-state index is -4.75. The van der Waals surface area contributed by atoms with Crippen LogP contribution in [0.25, 0.3) is 10.9 Å². The van der Waals surface area contributed by atoms with E-state index in [-0.39, 0.29) is 45.8 Å². The molecular formula is C22H24F3N7O4. The standard InChI is InChI=1S/C22H24F3N7O4/c1-26-21(34)16-12(9-14(29-30-16)28-20(33)10-5-6-10)27-19-15-13(32(2)31-19)8-7-11(17(15)35-3)18(36-4)22(23,24)25/h7-10,18H,5-6H2,1-4H3,(H,26,34)(H2,27,28,29,31,33)/t18-/m1/s1/i1D3. The van der Waals surface area contributed by atoms with Crippen molar-refractivity contribution in [2.45, 2.75) is 25.1 Å². The van der Waals surface area contributed by atoms with Crippen molar-refractivity contribution in [2.24, 2.45) is 13.0 Å². The van der Waals surface area contributed by atoms with Crippen molar-refractivity contribution in [3.8, 4) is 5.75 Å². The highest BCUT2D eigenvalue weighted by molar-refractivity contribution is 6.02. The normalized spacial score (nSPS) is 16.0. The average Bonchev–Trinajstić information content (AvgIpc) is 3.63. The number of aromatic nitrogens is 4. The Balaban J connectivity index is 1.84. The largest absolute Gasteiger partial charge is 0.496 e. The Morgan fingerprint density at radius 3 is 2.61 bits per heavy atom. The number of amides is 2. The number of fused-ring (bicyclic) bond motifs is 1. The predicted octanol–water partition coefficient (Wildman–Crippen LogP) is 3.07. The Kier molecular flexibility index (Phi) is 5.70. The van der Waals surface area contributed by atoms with Crippen LogP contribution in [0.3, 0.4) is 0 Å². The molecule has 2 heterocycles. The van der Waals surface area contributed by atoms with E-state index in [2.05, 4.69) is 25.9 Å². The number of nitrogens with one attached hydrogen (secondary N) is 3. The van der Waals surface area contributed by atoms with Gasteiger partial charge in [-0.1, -0.05) is 6.07 Å². The number of alkyl halides is 3.